The predicted octanol–water partition coefficient (Wildman–Crippen LogP) is 5.19. The van der Waals surface area contributed by atoms with Crippen LogP contribution in [0.15, 0.2) is 58.8 Å². The van der Waals surface area contributed by atoms with Crippen LogP contribution in [0.1, 0.15) is 53.0 Å². The van der Waals surface area contributed by atoms with Crippen molar-refractivity contribution in [3.63, 3.8) is 0 Å². The molecule has 1 saturated heterocycles. The molecule has 2 heterocycles. The van der Waals surface area contributed by atoms with Gasteiger partial charge in [0.2, 0.25) is 10.0 Å². The fourth-order valence-electron chi connectivity index (χ4n) is 4.02. The van der Waals surface area contributed by atoms with Gasteiger partial charge in [0.25, 0.3) is 5.91 Å². The first kappa shape index (κ1) is 25.1. The summed E-state index contributed by atoms with van der Waals surface area (Å²) in [5.74, 6) is -0.943. The first-order chi connectivity index (χ1) is 16.8. The highest BCUT2D eigenvalue weighted by Crippen LogP contribution is 2.36. The van der Waals surface area contributed by atoms with Gasteiger partial charge in [-0.3, -0.25) is 4.79 Å². The van der Waals surface area contributed by atoms with Crippen LogP contribution in [-0.4, -0.2) is 44.3 Å². The number of sulfonamides is 1. The van der Waals surface area contributed by atoms with E-state index < -0.39 is 21.9 Å². The second kappa shape index (κ2) is 10.7. The van der Waals surface area contributed by atoms with Crippen molar-refractivity contribution < 1.29 is 22.7 Å². The summed E-state index contributed by atoms with van der Waals surface area (Å²) in [6.45, 7) is 5.05. The Morgan fingerprint density at radius 1 is 1.00 bits per heavy atom. The zero-order valence-electron chi connectivity index (χ0n) is 19.7. The van der Waals surface area contributed by atoms with Crippen LogP contribution in [0, 0.1) is 0 Å². The van der Waals surface area contributed by atoms with Gasteiger partial charge in [0.1, 0.15) is 10.6 Å². The molecule has 0 spiro atoms. The minimum Gasteiger partial charge on any atom is -0.462 e. The van der Waals surface area contributed by atoms with E-state index in [4.69, 9.17) is 4.74 Å². The molecule has 7 nitrogen and oxygen atoms in total. The summed E-state index contributed by atoms with van der Waals surface area (Å²) in [6.07, 6.45) is 2.62. The molecule has 1 N–H and O–H groups in total. The normalized spacial score (nSPS) is 14.1. The molecule has 35 heavy (non-hydrogen) atoms. The molecule has 9 heteroatoms. The maximum atomic E-state index is 13.0. The molecule has 0 bridgehead atoms. The average Bonchev–Trinajstić information content (AvgIpc) is 3.55. The molecule has 1 aromatic heterocycles. The summed E-state index contributed by atoms with van der Waals surface area (Å²) in [7, 11) is -3.55. The van der Waals surface area contributed by atoms with E-state index in [-0.39, 0.29) is 11.5 Å². The Bertz CT molecular complexity index is 1310. The van der Waals surface area contributed by atoms with Crippen molar-refractivity contribution in [2.45, 2.75) is 38.0 Å². The largest absolute Gasteiger partial charge is 0.462 e. The molecule has 1 aliphatic rings. The second-order valence-electron chi connectivity index (χ2n) is 8.21. The van der Waals surface area contributed by atoms with Gasteiger partial charge in [-0.2, -0.15) is 4.31 Å². The Hall–Kier alpha value is -3.01. The number of thiophene rings is 1. The number of hydrogen-bond donors (Lipinski definition) is 1. The first-order valence-electron chi connectivity index (χ1n) is 11.6. The lowest BCUT2D eigenvalue weighted by molar-refractivity contribution is 0.0529. The van der Waals surface area contributed by atoms with E-state index in [0.29, 0.717) is 34.8 Å². The monoisotopic (exact) mass is 512 g/mol. The van der Waals surface area contributed by atoms with Crippen LogP contribution < -0.4 is 5.32 Å². The van der Waals surface area contributed by atoms with Crippen LogP contribution in [0.25, 0.3) is 11.1 Å². The fraction of sp³-hybridized carbons (Fsp3) is 0.308. The zero-order chi connectivity index (χ0) is 25.0. The number of nitrogens with zero attached hydrogens (tertiary/aromatic N) is 1. The smallest absolute Gasteiger partial charge is 0.341 e. The highest BCUT2D eigenvalue weighted by atomic mass is 32.2. The molecule has 1 aliphatic heterocycles. The third-order valence-electron chi connectivity index (χ3n) is 5.99. The lowest BCUT2D eigenvalue weighted by Crippen LogP contribution is -2.27. The number of anilines is 1. The molecular weight excluding hydrogens is 484 g/mol. The van der Waals surface area contributed by atoms with Crippen LogP contribution >= 0.6 is 11.3 Å². The lowest BCUT2D eigenvalue weighted by Gasteiger charge is -2.15. The van der Waals surface area contributed by atoms with Gasteiger partial charge in [-0.25, -0.2) is 13.2 Å². The number of ether oxygens (including phenoxy) is 1. The number of amides is 1. The molecule has 1 amide bonds. The number of benzene rings is 2. The minimum absolute atomic E-state index is 0.164. The highest BCUT2D eigenvalue weighted by molar-refractivity contribution is 7.89. The van der Waals surface area contributed by atoms with Gasteiger partial charge >= 0.3 is 5.97 Å². The van der Waals surface area contributed by atoms with Gasteiger partial charge in [-0.1, -0.05) is 31.2 Å². The Morgan fingerprint density at radius 2 is 1.66 bits per heavy atom. The van der Waals surface area contributed by atoms with Crippen molar-refractivity contribution in [3.8, 4) is 11.1 Å². The maximum Gasteiger partial charge on any atom is 0.341 e. The molecule has 3 aromatic rings. The van der Waals surface area contributed by atoms with Crippen molar-refractivity contribution in [1.29, 1.82) is 0 Å². The third-order valence-corrected chi connectivity index (χ3v) is 8.80. The molecule has 0 atom stereocenters. The van der Waals surface area contributed by atoms with Crippen LogP contribution in [0.4, 0.5) is 5.00 Å². The lowest BCUT2D eigenvalue weighted by atomic mass is 10.0. The predicted molar refractivity (Wildman–Crippen MR) is 137 cm³/mol. The van der Waals surface area contributed by atoms with Crippen molar-refractivity contribution in [2.24, 2.45) is 0 Å². The van der Waals surface area contributed by atoms with Crippen molar-refractivity contribution in [3.05, 3.63) is 70.6 Å². The number of nitrogens with one attached hydrogen (secondary N) is 1. The van der Waals surface area contributed by atoms with Gasteiger partial charge in [0.05, 0.1) is 11.5 Å². The molecule has 0 saturated carbocycles. The van der Waals surface area contributed by atoms with Crippen molar-refractivity contribution in [1.82, 2.24) is 4.31 Å². The summed E-state index contributed by atoms with van der Waals surface area (Å²) in [6, 6.07) is 13.8. The Kier molecular flexibility index (Phi) is 7.69. The van der Waals surface area contributed by atoms with Gasteiger partial charge < -0.3 is 10.1 Å². The highest BCUT2D eigenvalue weighted by Gasteiger charge is 2.27. The molecule has 2 aromatic carbocycles. The van der Waals surface area contributed by atoms with Crippen LogP contribution in [0.3, 0.4) is 0 Å². The SMILES string of the molecule is CCOC(=O)c1c(-c2ccc(CC)cc2)csc1NC(=O)c1ccc(S(=O)(=O)N2CCCC2)cc1. The number of esters is 1. The fourth-order valence-corrected chi connectivity index (χ4v) is 6.49. The summed E-state index contributed by atoms with van der Waals surface area (Å²) in [5.41, 5.74) is 3.34. The minimum atomic E-state index is -3.55. The van der Waals surface area contributed by atoms with Gasteiger partial charge in [0, 0.05) is 29.6 Å². The summed E-state index contributed by atoms with van der Waals surface area (Å²) < 4.78 is 32.2. The second-order valence-corrected chi connectivity index (χ2v) is 11.0. The Labute approximate surface area is 209 Å². The molecule has 1 fully saturated rings. The van der Waals surface area contributed by atoms with Gasteiger partial charge in [-0.15, -0.1) is 11.3 Å². The van der Waals surface area contributed by atoms with E-state index in [1.165, 1.54) is 45.5 Å². The number of rotatable bonds is 8. The van der Waals surface area contributed by atoms with E-state index in [1.54, 1.807) is 6.92 Å². The molecule has 0 radical (unpaired) electrons. The number of carbonyl (C=O) groups is 2. The number of carbonyl (C=O) groups excluding carboxylic acids is 2. The summed E-state index contributed by atoms with van der Waals surface area (Å²) in [5, 5.41) is 5.02. The van der Waals surface area contributed by atoms with E-state index in [0.717, 1.165) is 24.8 Å². The van der Waals surface area contributed by atoms with Crippen LogP contribution in [0.2, 0.25) is 0 Å². The Balaban J connectivity index is 1.59. The van der Waals surface area contributed by atoms with E-state index in [2.05, 4.69) is 12.2 Å². The van der Waals surface area contributed by atoms with Gasteiger partial charge in [-0.05, 0) is 61.6 Å². The molecule has 4 rings (SSSR count). The topological polar surface area (TPSA) is 92.8 Å². The summed E-state index contributed by atoms with van der Waals surface area (Å²) in [4.78, 5) is 25.9. The molecule has 184 valence electrons. The van der Waals surface area contributed by atoms with E-state index in [1.807, 2.05) is 29.6 Å². The zero-order valence-corrected chi connectivity index (χ0v) is 21.4. The Morgan fingerprint density at radius 3 is 2.26 bits per heavy atom. The molecular formula is C26H28N2O5S2. The molecule has 0 aliphatic carbocycles. The molecule has 0 unspecified atom stereocenters. The van der Waals surface area contributed by atoms with Crippen LogP contribution in [0.5, 0.6) is 0 Å². The number of hydrogen-bond acceptors (Lipinski definition) is 6. The van der Waals surface area contributed by atoms with Gasteiger partial charge in [0.15, 0.2) is 0 Å². The van der Waals surface area contributed by atoms with E-state index >= 15 is 0 Å². The average molecular weight is 513 g/mol. The summed E-state index contributed by atoms with van der Waals surface area (Å²) >= 11 is 1.25. The third kappa shape index (κ3) is 5.32. The first-order valence-corrected chi connectivity index (χ1v) is 14.0. The van der Waals surface area contributed by atoms with Crippen LogP contribution in [-0.2, 0) is 21.2 Å². The van der Waals surface area contributed by atoms with Crippen molar-refractivity contribution >= 4 is 38.2 Å². The number of aryl methyl sites for hydroxylation is 1. The maximum absolute atomic E-state index is 13.0. The van der Waals surface area contributed by atoms with Crippen molar-refractivity contribution in [2.75, 3.05) is 25.0 Å². The quantitative estimate of drug-likeness (QED) is 0.419. The standard InChI is InChI=1S/C26H28N2O5S2/c1-3-18-7-9-19(10-8-18)22-17-34-25(23(22)26(30)33-4-2)27-24(29)20-11-13-21(14-12-20)35(31,32)28-15-5-6-16-28/h7-14,17H,3-6,15-16H2,1-2H3,(H,27,29). The van der Waals surface area contributed by atoms with E-state index in [9.17, 15) is 18.0 Å².